The fraction of sp³-hybridized carbons (Fsp3) is 1.00. The molecule has 0 radical (unpaired) electrons. The van der Waals surface area contributed by atoms with Gasteiger partial charge in [-0.3, -0.25) is 4.90 Å². The van der Waals surface area contributed by atoms with Gasteiger partial charge in [0.1, 0.15) is 0 Å². The first-order valence-corrected chi connectivity index (χ1v) is 7.98. The molecular formula is C16H34N2O2. The summed E-state index contributed by atoms with van der Waals surface area (Å²) in [6.07, 6.45) is 3.78. The summed E-state index contributed by atoms with van der Waals surface area (Å²) in [4.78, 5) is 2.56. The molecule has 4 atom stereocenters. The van der Waals surface area contributed by atoms with E-state index >= 15 is 0 Å². The van der Waals surface area contributed by atoms with Crippen molar-refractivity contribution < 1.29 is 9.47 Å². The molecule has 1 aliphatic carbocycles. The molecule has 20 heavy (non-hydrogen) atoms. The number of nitrogens with zero attached hydrogens (tertiary/aromatic N) is 1. The van der Waals surface area contributed by atoms with Crippen LogP contribution in [0.2, 0.25) is 0 Å². The van der Waals surface area contributed by atoms with Crippen LogP contribution in [0, 0.1) is 11.8 Å². The van der Waals surface area contributed by atoms with Crippen LogP contribution in [0.4, 0.5) is 0 Å². The Morgan fingerprint density at radius 2 is 2.00 bits per heavy atom. The Morgan fingerprint density at radius 1 is 1.30 bits per heavy atom. The maximum absolute atomic E-state index is 6.27. The number of rotatable bonds is 8. The molecule has 0 aromatic carbocycles. The first kappa shape index (κ1) is 17.9. The van der Waals surface area contributed by atoms with Gasteiger partial charge in [-0.25, -0.2) is 0 Å². The lowest BCUT2D eigenvalue weighted by Crippen LogP contribution is -2.64. The standard InChI is InChI=1S/C16H34N2O2/c1-13-7-6-8-16(12-17,15(13)3)18(9-10-19-4)14(2)11-20-5/h13-15H,6-12,17H2,1-5H3. The molecule has 0 aromatic heterocycles. The second-order valence-electron chi connectivity index (χ2n) is 6.46. The van der Waals surface area contributed by atoms with Gasteiger partial charge in [0, 0.05) is 38.9 Å². The van der Waals surface area contributed by atoms with E-state index in [-0.39, 0.29) is 5.54 Å². The zero-order valence-electron chi connectivity index (χ0n) is 14.0. The lowest BCUT2D eigenvalue weighted by Gasteiger charge is -2.54. The van der Waals surface area contributed by atoms with E-state index in [1.54, 1.807) is 14.2 Å². The third-order valence-corrected chi connectivity index (χ3v) is 5.37. The summed E-state index contributed by atoms with van der Waals surface area (Å²) < 4.78 is 10.7. The minimum Gasteiger partial charge on any atom is -0.383 e. The van der Waals surface area contributed by atoms with Crippen molar-refractivity contribution in [1.29, 1.82) is 0 Å². The van der Waals surface area contributed by atoms with Gasteiger partial charge in [0.2, 0.25) is 0 Å². The van der Waals surface area contributed by atoms with Crippen molar-refractivity contribution >= 4 is 0 Å². The molecule has 0 spiro atoms. The largest absolute Gasteiger partial charge is 0.383 e. The molecule has 4 unspecified atom stereocenters. The Morgan fingerprint density at radius 3 is 2.55 bits per heavy atom. The van der Waals surface area contributed by atoms with Crippen molar-refractivity contribution in [2.75, 3.05) is 40.5 Å². The number of methoxy groups -OCH3 is 2. The Balaban J connectivity index is 2.98. The van der Waals surface area contributed by atoms with Gasteiger partial charge < -0.3 is 15.2 Å². The molecule has 0 aromatic rings. The van der Waals surface area contributed by atoms with Crippen molar-refractivity contribution in [1.82, 2.24) is 4.90 Å². The van der Waals surface area contributed by atoms with E-state index in [1.807, 2.05) is 0 Å². The molecule has 1 aliphatic rings. The summed E-state index contributed by atoms with van der Waals surface area (Å²) in [5, 5.41) is 0. The number of hydrogen-bond acceptors (Lipinski definition) is 4. The maximum atomic E-state index is 6.27. The SMILES string of the molecule is COCCN(C(C)COC)C1(CN)CCCC(C)C1C. The highest BCUT2D eigenvalue weighted by atomic mass is 16.5. The van der Waals surface area contributed by atoms with Crippen LogP contribution in [0.3, 0.4) is 0 Å². The van der Waals surface area contributed by atoms with E-state index in [0.717, 1.165) is 32.2 Å². The monoisotopic (exact) mass is 286 g/mol. The fourth-order valence-corrected chi connectivity index (χ4v) is 3.95. The van der Waals surface area contributed by atoms with Gasteiger partial charge in [0.15, 0.2) is 0 Å². The quantitative estimate of drug-likeness (QED) is 0.742. The molecule has 0 saturated heterocycles. The smallest absolute Gasteiger partial charge is 0.0615 e. The average Bonchev–Trinajstić information content (AvgIpc) is 2.44. The van der Waals surface area contributed by atoms with E-state index in [2.05, 4.69) is 25.7 Å². The van der Waals surface area contributed by atoms with Crippen molar-refractivity contribution in [2.24, 2.45) is 17.6 Å². The summed E-state index contributed by atoms with van der Waals surface area (Å²) in [6, 6.07) is 0.367. The molecule has 0 bridgehead atoms. The predicted molar refractivity (Wildman–Crippen MR) is 83.9 cm³/mol. The molecule has 2 N–H and O–H groups in total. The summed E-state index contributed by atoms with van der Waals surface area (Å²) in [7, 11) is 3.54. The van der Waals surface area contributed by atoms with Gasteiger partial charge >= 0.3 is 0 Å². The molecule has 4 heteroatoms. The second kappa shape index (κ2) is 8.32. The highest BCUT2D eigenvalue weighted by Gasteiger charge is 2.46. The van der Waals surface area contributed by atoms with Gasteiger partial charge in [0.05, 0.1) is 13.2 Å². The third kappa shape index (κ3) is 3.73. The molecular weight excluding hydrogens is 252 g/mol. The molecule has 0 amide bonds. The van der Waals surface area contributed by atoms with Crippen LogP contribution >= 0.6 is 0 Å². The van der Waals surface area contributed by atoms with Crippen LogP contribution in [0.5, 0.6) is 0 Å². The van der Waals surface area contributed by atoms with Crippen LogP contribution in [-0.4, -0.2) is 57.0 Å². The van der Waals surface area contributed by atoms with Gasteiger partial charge in [-0.05, 0) is 25.2 Å². The topological polar surface area (TPSA) is 47.7 Å². The Labute approximate surface area is 125 Å². The molecule has 1 fully saturated rings. The molecule has 1 saturated carbocycles. The second-order valence-corrected chi connectivity index (χ2v) is 6.46. The predicted octanol–water partition coefficient (Wildman–Crippen LogP) is 2.12. The van der Waals surface area contributed by atoms with Crippen LogP contribution in [0.15, 0.2) is 0 Å². The highest BCUT2D eigenvalue weighted by Crippen LogP contribution is 2.42. The van der Waals surface area contributed by atoms with Crippen LogP contribution in [0.25, 0.3) is 0 Å². The first-order chi connectivity index (χ1) is 9.53. The van der Waals surface area contributed by atoms with Crippen molar-refractivity contribution in [3.63, 3.8) is 0 Å². The molecule has 0 aliphatic heterocycles. The summed E-state index contributed by atoms with van der Waals surface area (Å²) in [5.74, 6) is 1.34. The minimum atomic E-state index is 0.0914. The van der Waals surface area contributed by atoms with Crippen LogP contribution in [0.1, 0.15) is 40.0 Å². The van der Waals surface area contributed by atoms with Gasteiger partial charge in [-0.1, -0.05) is 26.7 Å². The molecule has 4 nitrogen and oxygen atoms in total. The van der Waals surface area contributed by atoms with Crippen molar-refractivity contribution in [3.05, 3.63) is 0 Å². The fourth-order valence-electron chi connectivity index (χ4n) is 3.95. The Kier molecular flexibility index (Phi) is 7.45. The highest BCUT2D eigenvalue weighted by molar-refractivity contribution is 5.01. The van der Waals surface area contributed by atoms with Crippen molar-refractivity contribution in [2.45, 2.75) is 51.6 Å². The van der Waals surface area contributed by atoms with E-state index < -0.39 is 0 Å². The van der Waals surface area contributed by atoms with Crippen LogP contribution in [-0.2, 0) is 9.47 Å². The van der Waals surface area contributed by atoms with Gasteiger partial charge in [-0.15, -0.1) is 0 Å². The van der Waals surface area contributed by atoms with E-state index in [0.29, 0.717) is 12.0 Å². The summed E-state index contributed by atoms with van der Waals surface area (Å²) in [6.45, 7) is 10.1. The van der Waals surface area contributed by atoms with Crippen LogP contribution < -0.4 is 5.73 Å². The van der Waals surface area contributed by atoms with Gasteiger partial charge in [-0.2, -0.15) is 0 Å². The zero-order chi connectivity index (χ0) is 15.2. The number of nitrogens with two attached hydrogens (primary N) is 1. The summed E-state index contributed by atoms with van der Waals surface area (Å²) in [5.41, 5.74) is 6.37. The first-order valence-electron chi connectivity index (χ1n) is 7.98. The summed E-state index contributed by atoms with van der Waals surface area (Å²) >= 11 is 0. The molecule has 0 heterocycles. The molecule has 1 rings (SSSR count). The normalized spacial score (nSPS) is 32.5. The number of hydrogen-bond donors (Lipinski definition) is 1. The lowest BCUT2D eigenvalue weighted by atomic mass is 9.67. The average molecular weight is 286 g/mol. The maximum Gasteiger partial charge on any atom is 0.0615 e. The van der Waals surface area contributed by atoms with Gasteiger partial charge in [0.25, 0.3) is 0 Å². The van der Waals surface area contributed by atoms with E-state index in [1.165, 1.54) is 19.3 Å². The third-order valence-electron chi connectivity index (χ3n) is 5.37. The Hall–Kier alpha value is -0.160. The van der Waals surface area contributed by atoms with E-state index in [4.69, 9.17) is 15.2 Å². The lowest BCUT2D eigenvalue weighted by molar-refractivity contribution is -0.0597. The Bertz CT molecular complexity index is 275. The molecule has 120 valence electrons. The minimum absolute atomic E-state index is 0.0914. The van der Waals surface area contributed by atoms with Crippen molar-refractivity contribution in [3.8, 4) is 0 Å². The number of ether oxygens (including phenoxy) is 2. The zero-order valence-corrected chi connectivity index (χ0v) is 14.0. The van der Waals surface area contributed by atoms with E-state index in [9.17, 15) is 0 Å².